The van der Waals surface area contributed by atoms with Crippen LogP contribution < -0.4 is 4.90 Å². The van der Waals surface area contributed by atoms with Gasteiger partial charge >= 0.3 is 17.9 Å². The van der Waals surface area contributed by atoms with Crippen molar-refractivity contribution >= 4 is 46.5 Å². The third-order valence-corrected chi connectivity index (χ3v) is 9.04. The molecule has 1 aliphatic carbocycles. The Kier molecular flexibility index (Phi) is 8.47. The van der Waals surface area contributed by atoms with Gasteiger partial charge in [0, 0.05) is 27.3 Å². The summed E-state index contributed by atoms with van der Waals surface area (Å²) in [6.07, 6.45) is 4.45. The molecule has 2 unspecified atom stereocenters. The number of hydrogen-bond donors (Lipinski definition) is 0. The lowest BCUT2D eigenvalue weighted by Crippen LogP contribution is -2.40. The third kappa shape index (κ3) is 5.97. The molecule has 234 valence electrons. The van der Waals surface area contributed by atoms with Crippen LogP contribution in [-0.4, -0.2) is 68.9 Å². The minimum atomic E-state index is -1.08. The fraction of sp³-hybridized carbons (Fsp3) is 0.548. The number of aromatic nitrogens is 4. The molecular weight excluding hydrogens is 590 g/mol. The molecule has 0 amide bonds. The van der Waals surface area contributed by atoms with Crippen LogP contribution >= 0.6 is 11.6 Å². The highest BCUT2D eigenvalue weighted by Gasteiger charge is 2.51. The van der Waals surface area contributed by atoms with Gasteiger partial charge in [-0.15, -0.1) is 0 Å². The Morgan fingerprint density at radius 2 is 1.68 bits per heavy atom. The maximum absolute atomic E-state index is 12.2. The predicted octanol–water partition coefficient (Wildman–Crippen LogP) is 4.71. The Balaban J connectivity index is 1.42. The SMILES string of the molecule is CC(=O)OC[C@H]1O[C@@H](n2cnc3c(N4CC5(CCCCC5)CC4c4ccccc4)nc(Cl)nc32)C(OC(C)=O)[C@H]1OC(C)=O. The zero-order chi connectivity index (χ0) is 31.0. The maximum Gasteiger partial charge on any atom is 0.303 e. The summed E-state index contributed by atoms with van der Waals surface area (Å²) in [5.41, 5.74) is 2.25. The summed E-state index contributed by atoms with van der Waals surface area (Å²) in [6.45, 7) is 4.35. The van der Waals surface area contributed by atoms with E-state index in [2.05, 4.69) is 34.1 Å². The van der Waals surface area contributed by atoms with E-state index in [-0.39, 0.29) is 23.3 Å². The van der Waals surface area contributed by atoms with E-state index in [1.165, 1.54) is 51.9 Å². The van der Waals surface area contributed by atoms with E-state index in [1.807, 2.05) is 6.07 Å². The van der Waals surface area contributed by atoms with Crippen molar-refractivity contribution < 1.29 is 33.3 Å². The second-order valence-corrected chi connectivity index (χ2v) is 12.3. The molecular formula is C31H36ClN5O7. The Morgan fingerprint density at radius 3 is 2.36 bits per heavy atom. The van der Waals surface area contributed by atoms with Crippen LogP contribution in [0.15, 0.2) is 36.7 Å². The first-order valence-corrected chi connectivity index (χ1v) is 15.4. The molecule has 12 nitrogen and oxygen atoms in total. The van der Waals surface area contributed by atoms with Crippen LogP contribution in [0.5, 0.6) is 0 Å². The van der Waals surface area contributed by atoms with Crippen molar-refractivity contribution in [2.45, 2.75) is 89.9 Å². The number of nitrogens with zero attached hydrogens (tertiary/aromatic N) is 5. The monoisotopic (exact) mass is 625 g/mol. The van der Waals surface area contributed by atoms with Crippen LogP contribution in [0, 0.1) is 5.41 Å². The number of hydrogen-bond acceptors (Lipinski definition) is 11. The Bertz CT molecular complexity index is 1540. The number of anilines is 1. The molecule has 0 radical (unpaired) electrons. The summed E-state index contributed by atoms with van der Waals surface area (Å²) in [5, 5.41) is 0.0284. The first kappa shape index (κ1) is 30.3. The first-order chi connectivity index (χ1) is 21.1. The molecule has 2 aromatic heterocycles. The third-order valence-electron chi connectivity index (χ3n) is 8.87. The lowest BCUT2D eigenvalue weighted by Gasteiger charge is -2.33. The van der Waals surface area contributed by atoms with Gasteiger partial charge in [0.2, 0.25) is 5.28 Å². The molecule has 6 rings (SSSR count). The molecule has 2 aliphatic heterocycles. The molecule has 1 saturated carbocycles. The summed E-state index contributed by atoms with van der Waals surface area (Å²) in [5.74, 6) is -1.13. The highest BCUT2D eigenvalue weighted by atomic mass is 35.5. The number of fused-ring (bicyclic) bond motifs is 1. The Hall–Kier alpha value is -3.77. The van der Waals surface area contributed by atoms with Gasteiger partial charge in [-0.1, -0.05) is 49.6 Å². The van der Waals surface area contributed by atoms with Crippen molar-refractivity contribution in [2.24, 2.45) is 5.41 Å². The lowest BCUT2D eigenvalue weighted by atomic mass is 9.72. The average molecular weight is 626 g/mol. The van der Waals surface area contributed by atoms with Crippen molar-refractivity contribution in [3.63, 3.8) is 0 Å². The van der Waals surface area contributed by atoms with E-state index in [1.54, 1.807) is 4.57 Å². The van der Waals surface area contributed by atoms with Crippen molar-refractivity contribution in [1.82, 2.24) is 19.5 Å². The van der Waals surface area contributed by atoms with E-state index in [4.69, 9.17) is 40.5 Å². The number of rotatable bonds is 7. The predicted molar refractivity (Wildman–Crippen MR) is 159 cm³/mol. The molecule has 3 fully saturated rings. The minimum Gasteiger partial charge on any atom is -0.463 e. The van der Waals surface area contributed by atoms with Crippen LogP contribution in [0.4, 0.5) is 5.82 Å². The fourth-order valence-corrected chi connectivity index (χ4v) is 7.26. The number of esters is 3. The second kappa shape index (κ2) is 12.3. The summed E-state index contributed by atoms with van der Waals surface area (Å²) in [7, 11) is 0. The van der Waals surface area contributed by atoms with Crippen LogP contribution in [0.1, 0.15) is 77.1 Å². The molecule has 0 bridgehead atoms. The minimum absolute atomic E-state index is 0.0284. The van der Waals surface area contributed by atoms with Crippen molar-refractivity contribution in [3.05, 3.63) is 47.5 Å². The highest BCUT2D eigenvalue weighted by molar-refractivity contribution is 6.28. The standard InChI is InChI=1S/C31H36ClN5O7/c1-18(38)41-15-23-25(42-19(2)39)26(43-20(3)40)29(44-23)37-17-33-24-27(34-30(32)35-28(24)37)36-16-31(12-8-5-9-13-31)14-22(36)21-10-6-4-7-11-21/h4,6-7,10-11,17,22-23,25-26,29H,5,8-9,12-16H2,1-3H3/t22?,23-,25+,26?,29-/m1/s1. The van der Waals surface area contributed by atoms with Gasteiger partial charge in [-0.3, -0.25) is 19.0 Å². The molecule has 3 aliphatic rings. The number of benzene rings is 1. The van der Waals surface area contributed by atoms with Crippen molar-refractivity contribution in [2.75, 3.05) is 18.1 Å². The molecule has 13 heteroatoms. The number of ether oxygens (including phenoxy) is 4. The largest absolute Gasteiger partial charge is 0.463 e. The van der Waals surface area contributed by atoms with Gasteiger partial charge in [0.15, 0.2) is 35.4 Å². The fourth-order valence-electron chi connectivity index (χ4n) is 7.09. The average Bonchev–Trinajstić information content (AvgIpc) is 3.66. The lowest BCUT2D eigenvalue weighted by molar-refractivity contribution is -0.166. The Morgan fingerprint density at radius 1 is 0.977 bits per heavy atom. The molecule has 2 saturated heterocycles. The summed E-state index contributed by atoms with van der Waals surface area (Å²) < 4.78 is 24.2. The van der Waals surface area contributed by atoms with Crippen molar-refractivity contribution in [1.29, 1.82) is 0 Å². The number of imidazole rings is 1. The van der Waals surface area contributed by atoms with Crippen LogP contribution in [0.25, 0.3) is 11.2 Å². The van der Waals surface area contributed by atoms with Gasteiger partial charge in [0.05, 0.1) is 12.4 Å². The van der Waals surface area contributed by atoms with Gasteiger partial charge < -0.3 is 23.8 Å². The van der Waals surface area contributed by atoms with E-state index in [9.17, 15) is 14.4 Å². The number of halogens is 1. The van der Waals surface area contributed by atoms with Gasteiger partial charge in [0.1, 0.15) is 12.7 Å². The van der Waals surface area contributed by atoms with Crippen LogP contribution in [0.2, 0.25) is 5.28 Å². The molecule has 4 heterocycles. The van der Waals surface area contributed by atoms with Crippen LogP contribution in [0.3, 0.4) is 0 Å². The molecule has 44 heavy (non-hydrogen) atoms. The van der Waals surface area contributed by atoms with Gasteiger partial charge in [-0.25, -0.2) is 4.98 Å². The van der Waals surface area contributed by atoms with E-state index in [0.29, 0.717) is 17.0 Å². The van der Waals surface area contributed by atoms with E-state index >= 15 is 0 Å². The summed E-state index contributed by atoms with van der Waals surface area (Å²) in [6, 6.07) is 10.5. The van der Waals surface area contributed by atoms with Crippen LogP contribution in [-0.2, 0) is 33.3 Å². The number of carbonyl (C=O) groups excluding carboxylic acids is 3. The molecule has 3 aromatic rings. The van der Waals surface area contributed by atoms with E-state index < -0.39 is 42.4 Å². The zero-order valence-corrected chi connectivity index (χ0v) is 25.7. The van der Waals surface area contributed by atoms with Gasteiger partial charge in [0.25, 0.3) is 0 Å². The van der Waals surface area contributed by atoms with Crippen molar-refractivity contribution in [3.8, 4) is 0 Å². The summed E-state index contributed by atoms with van der Waals surface area (Å²) in [4.78, 5) is 52.1. The number of carbonyl (C=O) groups is 3. The van der Waals surface area contributed by atoms with E-state index in [0.717, 1.165) is 25.8 Å². The van der Waals surface area contributed by atoms with Gasteiger partial charge in [-0.05, 0) is 41.8 Å². The smallest absolute Gasteiger partial charge is 0.303 e. The first-order valence-electron chi connectivity index (χ1n) is 15.0. The topological polar surface area (TPSA) is 135 Å². The molecule has 1 spiro atoms. The zero-order valence-electron chi connectivity index (χ0n) is 25.0. The highest BCUT2D eigenvalue weighted by Crippen LogP contribution is 2.53. The molecule has 1 aromatic carbocycles. The second-order valence-electron chi connectivity index (χ2n) is 12.0. The molecule has 5 atom stereocenters. The van der Waals surface area contributed by atoms with Gasteiger partial charge in [-0.2, -0.15) is 9.97 Å². The summed E-state index contributed by atoms with van der Waals surface area (Å²) >= 11 is 6.60. The molecule has 0 N–H and O–H groups in total. The normalized spacial score (nSPS) is 26.2. The quantitative estimate of drug-likeness (QED) is 0.205. The Labute approximate surface area is 260 Å². The maximum atomic E-state index is 12.2.